The van der Waals surface area contributed by atoms with Gasteiger partial charge in [-0.3, -0.25) is 0 Å². The SMILES string of the molecule is C[CH2][Ni]([Cl])([Cl])[P](c1ccccc1)c1ccccc1. The van der Waals surface area contributed by atoms with Gasteiger partial charge < -0.3 is 0 Å². The van der Waals surface area contributed by atoms with Gasteiger partial charge in [-0.25, -0.2) is 0 Å². The van der Waals surface area contributed by atoms with Crippen molar-refractivity contribution in [3.8, 4) is 0 Å². The van der Waals surface area contributed by atoms with E-state index in [0.29, 0.717) is 0 Å². The molecule has 0 saturated heterocycles. The van der Waals surface area contributed by atoms with E-state index >= 15 is 0 Å². The van der Waals surface area contributed by atoms with Gasteiger partial charge in [0.1, 0.15) is 0 Å². The number of halogens is 2. The number of rotatable bonds is 4. The first-order chi connectivity index (χ1) is 8.65. The molecule has 0 heterocycles. The molecule has 0 aliphatic rings. The van der Waals surface area contributed by atoms with Crippen molar-refractivity contribution in [2.75, 3.05) is 0 Å². The van der Waals surface area contributed by atoms with E-state index in [1.165, 1.54) is 10.6 Å². The average molecular weight is 344 g/mol. The van der Waals surface area contributed by atoms with Crippen molar-refractivity contribution >= 4 is 37.7 Å². The summed E-state index contributed by atoms with van der Waals surface area (Å²) >= 11 is 0. The molecule has 0 aromatic heterocycles. The van der Waals surface area contributed by atoms with Crippen LogP contribution < -0.4 is 10.6 Å². The molecule has 0 amide bonds. The third-order valence-corrected chi connectivity index (χ3v) is 13.4. The maximum absolute atomic E-state index is 6.64. The van der Waals surface area contributed by atoms with Gasteiger partial charge >= 0.3 is 121 Å². The van der Waals surface area contributed by atoms with Crippen LogP contribution in [-0.4, -0.2) is 0 Å². The standard InChI is InChI=1S/C12H10P.C2H5.2ClH.Ni/c1-3-7-11(8-4-1)13-12-9-5-2-6-10-12;1-2;;;/h1-10H;1H2,2H3;2*1H;/q-1;;;;+3/p-2. The molecule has 0 N–H and O–H groups in total. The van der Waals surface area contributed by atoms with E-state index < -0.39 is 16.9 Å². The summed E-state index contributed by atoms with van der Waals surface area (Å²) < 4.78 is 0. The van der Waals surface area contributed by atoms with Crippen LogP contribution >= 0.6 is 27.1 Å². The second kappa shape index (κ2) is 6.40. The van der Waals surface area contributed by atoms with Gasteiger partial charge in [-0.05, 0) is 0 Å². The molecule has 0 atom stereocenters. The van der Waals surface area contributed by atoms with Gasteiger partial charge in [0.15, 0.2) is 0 Å². The Morgan fingerprint density at radius 1 is 0.833 bits per heavy atom. The summed E-state index contributed by atoms with van der Waals surface area (Å²) in [5.41, 5.74) is 0. The molecule has 0 radical (unpaired) electrons. The van der Waals surface area contributed by atoms with Gasteiger partial charge in [-0.2, -0.15) is 0 Å². The van der Waals surface area contributed by atoms with E-state index in [4.69, 9.17) is 20.4 Å². The molecule has 0 saturated carbocycles. The summed E-state index contributed by atoms with van der Waals surface area (Å²) in [6.45, 7) is 1.40. The van der Waals surface area contributed by atoms with Gasteiger partial charge in [0.25, 0.3) is 0 Å². The van der Waals surface area contributed by atoms with E-state index in [9.17, 15) is 0 Å². The van der Waals surface area contributed by atoms with Crippen LogP contribution in [0.15, 0.2) is 60.7 Å². The molecule has 18 heavy (non-hydrogen) atoms. The molecule has 4 heteroatoms. The fourth-order valence-electron chi connectivity index (χ4n) is 1.59. The summed E-state index contributed by atoms with van der Waals surface area (Å²) in [6.07, 6.45) is 0. The van der Waals surface area contributed by atoms with E-state index in [1.807, 2.05) is 36.4 Å². The van der Waals surface area contributed by atoms with Gasteiger partial charge in [-0.1, -0.05) is 0 Å². The second-order valence-corrected chi connectivity index (χ2v) is 15.7. The summed E-state index contributed by atoms with van der Waals surface area (Å²) in [5.74, 6) is 0. The Hall–Kier alpha value is -0.0565. The Morgan fingerprint density at radius 2 is 1.22 bits per heavy atom. The van der Waals surface area contributed by atoms with E-state index in [-0.39, 0.29) is 0 Å². The molecule has 0 bridgehead atoms. The van der Waals surface area contributed by atoms with Gasteiger partial charge in [-0.15, -0.1) is 0 Å². The summed E-state index contributed by atoms with van der Waals surface area (Å²) in [4.78, 5) is 0. The van der Waals surface area contributed by atoms with Crippen molar-refractivity contribution in [2.24, 2.45) is 0 Å². The van der Waals surface area contributed by atoms with Crippen LogP contribution in [0.25, 0.3) is 0 Å². The molecule has 0 nitrogen and oxygen atoms in total. The van der Waals surface area contributed by atoms with E-state index in [0.717, 1.165) is 5.39 Å². The number of hydrogen-bond donors (Lipinski definition) is 0. The monoisotopic (exact) mass is 342 g/mol. The van der Waals surface area contributed by atoms with Crippen molar-refractivity contribution in [2.45, 2.75) is 12.3 Å². The first-order valence-electron chi connectivity index (χ1n) is 5.58. The molecule has 2 aromatic rings. The topological polar surface area (TPSA) is 0 Å². The zero-order valence-electron chi connectivity index (χ0n) is 10.00. The van der Waals surface area contributed by atoms with Crippen LogP contribution in [0, 0.1) is 0 Å². The quantitative estimate of drug-likeness (QED) is 0.545. The molecule has 0 aliphatic heterocycles. The van der Waals surface area contributed by atoms with Gasteiger partial charge in [0, 0.05) is 0 Å². The molecule has 2 aromatic carbocycles. The zero-order chi connectivity index (χ0) is 13.0. The molecule has 0 aliphatic carbocycles. The van der Waals surface area contributed by atoms with Crippen molar-refractivity contribution < 1.29 is 10.2 Å². The first kappa shape index (κ1) is 14.4. The summed E-state index contributed by atoms with van der Waals surface area (Å²) in [7, 11) is 11.5. The number of benzene rings is 2. The maximum atomic E-state index is 6.64. The first-order valence-corrected chi connectivity index (χ1v) is 11.5. The fraction of sp³-hybridized carbons (Fsp3) is 0.143. The van der Waals surface area contributed by atoms with Crippen molar-refractivity contribution in [3.05, 3.63) is 60.7 Å². The third-order valence-electron chi connectivity index (χ3n) is 2.41. The Bertz CT molecular complexity index is 448. The molecular formula is C14H15Cl2NiP. The van der Waals surface area contributed by atoms with Crippen LogP contribution in [0.4, 0.5) is 0 Å². The predicted octanol–water partition coefficient (Wildman–Crippen LogP) is 4.93. The van der Waals surface area contributed by atoms with Gasteiger partial charge in [0.05, 0.1) is 0 Å². The number of hydrogen-bond acceptors (Lipinski definition) is 0. The van der Waals surface area contributed by atoms with Crippen molar-refractivity contribution in [1.82, 2.24) is 0 Å². The van der Waals surface area contributed by atoms with Crippen LogP contribution in [0.2, 0.25) is 5.39 Å². The van der Waals surface area contributed by atoms with E-state index in [2.05, 4.69) is 31.2 Å². The minimum absolute atomic E-state index is 0.670. The third kappa shape index (κ3) is 3.28. The van der Waals surface area contributed by atoms with Crippen molar-refractivity contribution in [3.63, 3.8) is 0 Å². The molecule has 0 fully saturated rings. The molecule has 100 valence electrons. The van der Waals surface area contributed by atoms with Crippen LogP contribution in [0.3, 0.4) is 0 Å². The Morgan fingerprint density at radius 3 is 1.56 bits per heavy atom. The Balaban J connectivity index is 2.49. The summed E-state index contributed by atoms with van der Waals surface area (Å²) in [5, 5.41) is 3.33. The minimum atomic E-state index is -1.77. The zero-order valence-corrected chi connectivity index (χ0v) is 13.4. The molecule has 0 spiro atoms. The average Bonchev–Trinajstić information content (AvgIpc) is 2.41. The molecule has 0 unspecified atom stereocenters. The normalized spacial score (nSPS) is 12.7. The predicted molar refractivity (Wildman–Crippen MR) is 81.3 cm³/mol. The van der Waals surface area contributed by atoms with Crippen LogP contribution in [0.1, 0.15) is 6.92 Å². The van der Waals surface area contributed by atoms with Gasteiger partial charge in [0.2, 0.25) is 0 Å². The molecule has 2 rings (SSSR count). The Labute approximate surface area is 120 Å². The Kier molecular flexibility index (Phi) is 5.10. The van der Waals surface area contributed by atoms with Crippen LogP contribution in [0.5, 0.6) is 0 Å². The van der Waals surface area contributed by atoms with Crippen LogP contribution in [-0.2, 0) is 10.2 Å². The van der Waals surface area contributed by atoms with E-state index in [1.54, 1.807) is 0 Å². The fourth-order valence-corrected chi connectivity index (χ4v) is 10.5. The van der Waals surface area contributed by atoms with Crippen molar-refractivity contribution in [1.29, 1.82) is 0 Å². The second-order valence-electron chi connectivity index (χ2n) is 3.57. The molecular weight excluding hydrogens is 329 g/mol. The summed E-state index contributed by atoms with van der Waals surface area (Å²) in [6, 6.07) is 20.8.